The molecule has 2 aliphatic carbocycles. The first-order chi connectivity index (χ1) is 11.4. The first kappa shape index (κ1) is 16.2. The van der Waals surface area contributed by atoms with E-state index in [1.165, 1.54) is 25.3 Å². The fraction of sp³-hybridized carbons (Fsp3) is 0.158. The second-order valence-corrected chi connectivity index (χ2v) is 5.30. The summed E-state index contributed by atoms with van der Waals surface area (Å²) in [4.78, 5) is 0. The van der Waals surface area contributed by atoms with E-state index in [1.54, 1.807) is 43.5 Å². The van der Waals surface area contributed by atoms with E-state index in [4.69, 9.17) is 9.47 Å². The summed E-state index contributed by atoms with van der Waals surface area (Å²) in [6, 6.07) is 14.4. The van der Waals surface area contributed by atoms with Crippen LogP contribution in [0.3, 0.4) is 0 Å². The van der Waals surface area contributed by atoms with Crippen molar-refractivity contribution in [3.8, 4) is 33.8 Å². The fourth-order valence-corrected chi connectivity index (χ4v) is 2.72. The first-order valence-corrected chi connectivity index (χ1v) is 7.26. The molecule has 0 atom stereocenters. The number of ether oxygens (including phenoxy) is 2. The highest BCUT2D eigenvalue weighted by Crippen LogP contribution is 2.46. The highest BCUT2D eigenvalue weighted by atomic mass is 19.4. The van der Waals surface area contributed by atoms with Gasteiger partial charge in [0, 0.05) is 0 Å². The van der Waals surface area contributed by atoms with E-state index < -0.39 is 11.7 Å². The summed E-state index contributed by atoms with van der Waals surface area (Å²) >= 11 is 0. The molecule has 24 heavy (non-hydrogen) atoms. The molecule has 3 rings (SSSR count). The molecule has 0 aliphatic heterocycles. The van der Waals surface area contributed by atoms with Gasteiger partial charge in [-0.05, 0) is 52.6 Å². The van der Waals surface area contributed by atoms with Gasteiger partial charge in [0.05, 0.1) is 19.8 Å². The smallest absolute Gasteiger partial charge is 0.417 e. The number of hydrogen-bond acceptors (Lipinski definition) is 2. The molecule has 0 amide bonds. The molecule has 0 saturated carbocycles. The quantitative estimate of drug-likeness (QED) is 0.631. The normalized spacial score (nSPS) is 11.5. The molecular formula is C19H15F3O2. The molecular weight excluding hydrogens is 317 g/mol. The van der Waals surface area contributed by atoms with Crippen LogP contribution in [0.5, 0.6) is 11.5 Å². The van der Waals surface area contributed by atoms with Crippen molar-refractivity contribution < 1.29 is 22.6 Å². The molecule has 0 N–H and O–H groups in total. The lowest BCUT2D eigenvalue weighted by Gasteiger charge is -2.06. The molecule has 0 unspecified atom stereocenters. The molecule has 1 aromatic rings. The maximum Gasteiger partial charge on any atom is 0.417 e. The molecule has 0 bridgehead atoms. The Hall–Kier alpha value is -2.69. The lowest BCUT2D eigenvalue weighted by atomic mass is 10.0. The van der Waals surface area contributed by atoms with Crippen molar-refractivity contribution >= 4 is 0 Å². The van der Waals surface area contributed by atoms with E-state index in [2.05, 4.69) is 0 Å². The van der Waals surface area contributed by atoms with Gasteiger partial charge in [-0.15, -0.1) is 0 Å². The molecule has 0 spiro atoms. The monoisotopic (exact) mass is 332 g/mol. The molecule has 0 fully saturated rings. The lowest BCUT2D eigenvalue weighted by Crippen LogP contribution is -2.03. The van der Waals surface area contributed by atoms with Crippen molar-refractivity contribution in [2.24, 2.45) is 0 Å². The minimum atomic E-state index is -4.43. The van der Waals surface area contributed by atoms with Crippen LogP contribution in [0, 0.1) is 0 Å². The van der Waals surface area contributed by atoms with Crippen LogP contribution in [0.15, 0.2) is 54.6 Å². The number of alkyl halides is 3. The van der Waals surface area contributed by atoms with Gasteiger partial charge in [0.15, 0.2) is 0 Å². The predicted molar refractivity (Wildman–Crippen MR) is 86.6 cm³/mol. The minimum Gasteiger partial charge on any atom is -0.497 e. The highest BCUT2D eigenvalue weighted by Gasteiger charge is 2.36. The van der Waals surface area contributed by atoms with Crippen molar-refractivity contribution in [1.82, 2.24) is 0 Å². The second kappa shape index (κ2) is 6.07. The van der Waals surface area contributed by atoms with Crippen LogP contribution in [0.2, 0.25) is 0 Å². The SMILES string of the molecule is COc1ccc(-c2cc(C(F)(F)F)c3ccc(OC)ccc2-3)cc1. The molecule has 0 heterocycles. The summed E-state index contributed by atoms with van der Waals surface area (Å²) in [6.07, 6.45) is -4.43. The topological polar surface area (TPSA) is 18.5 Å². The standard InChI is InChI=1S/C19H15F3O2/c1-23-13-5-3-12(4-6-13)17-11-18(19(20,21)22)16-10-8-14(24-2)7-9-15(16)17/h3-11H,1-2H3. The van der Waals surface area contributed by atoms with E-state index in [-0.39, 0.29) is 5.56 Å². The van der Waals surface area contributed by atoms with Gasteiger partial charge in [0.1, 0.15) is 11.5 Å². The first-order valence-electron chi connectivity index (χ1n) is 7.26. The Morgan fingerprint density at radius 3 is 1.67 bits per heavy atom. The van der Waals surface area contributed by atoms with Gasteiger partial charge in [0.25, 0.3) is 0 Å². The van der Waals surface area contributed by atoms with Gasteiger partial charge < -0.3 is 9.47 Å². The van der Waals surface area contributed by atoms with Crippen molar-refractivity contribution in [3.63, 3.8) is 0 Å². The molecule has 2 nitrogen and oxygen atoms in total. The number of hydrogen-bond donors (Lipinski definition) is 0. The molecule has 0 saturated heterocycles. The van der Waals surface area contributed by atoms with Crippen molar-refractivity contribution in [2.75, 3.05) is 14.2 Å². The van der Waals surface area contributed by atoms with Crippen LogP contribution >= 0.6 is 0 Å². The van der Waals surface area contributed by atoms with Gasteiger partial charge in [-0.2, -0.15) is 13.2 Å². The van der Waals surface area contributed by atoms with E-state index in [0.29, 0.717) is 28.2 Å². The third kappa shape index (κ3) is 2.89. The summed E-state index contributed by atoms with van der Waals surface area (Å²) < 4.78 is 50.5. The van der Waals surface area contributed by atoms with Crippen LogP contribution < -0.4 is 9.47 Å². The zero-order valence-corrected chi connectivity index (χ0v) is 13.1. The number of fused-ring (bicyclic) bond motifs is 1. The van der Waals surface area contributed by atoms with E-state index in [9.17, 15) is 13.2 Å². The van der Waals surface area contributed by atoms with E-state index in [0.717, 1.165) is 0 Å². The molecule has 0 radical (unpaired) electrons. The van der Waals surface area contributed by atoms with Gasteiger partial charge in [-0.1, -0.05) is 24.3 Å². The zero-order chi connectivity index (χ0) is 17.3. The Kier molecular flexibility index (Phi) is 4.09. The third-order valence-corrected chi connectivity index (χ3v) is 3.93. The Labute approximate surface area is 137 Å². The van der Waals surface area contributed by atoms with Crippen molar-refractivity contribution in [1.29, 1.82) is 0 Å². The molecule has 2 aliphatic rings. The number of benzene rings is 1. The van der Waals surface area contributed by atoms with Crippen LogP contribution in [-0.2, 0) is 6.18 Å². The number of methoxy groups -OCH3 is 2. The van der Waals surface area contributed by atoms with Crippen LogP contribution in [0.1, 0.15) is 5.56 Å². The molecule has 124 valence electrons. The third-order valence-electron chi connectivity index (χ3n) is 3.93. The van der Waals surface area contributed by atoms with Crippen LogP contribution in [0.25, 0.3) is 22.3 Å². The van der Waals surface area contributed by atoms with E-state index in [1.807, 2.05) is 0 Å². The minimum absolute atomic E-state index is 0.150. The molecule has 5 heteroatoms. The molecule has 0 aromatic heterocycles. The second-order valence-electron chi connectivity index (χ2n) is 5.30. The summed E-state index contributed by atoms with van der Waals surface area (Å²) in [6.45, 7) is 0. The largest absolute Gasteiger partial charge is 0.497 e. The van der Waals surface area contributed by atoms with Gasteiger partial charge >= 0.3 is 6.18 Å². The summed E-state index contributed by atoms with van der Waals surface area (Å²) in [5, 5.41) is 0. The Bertz CT molecular complexity index is 823. The van der Waals surface area contributed by atoms with Crippen LogP contribution in [-0.4, -0.2) is 14.2 Å². The Morgan fingerprint density at radius 2 is 1.17 bits per heavy atom. The maximum atomic E-state index is 13.4. The average molecular weight is 332 g/mol. The highest BCUT2D eigenvalue weighted by molar-refractivity contribution is 5.89. The number of rotatable bonds is 3. The Morgan fingerprint density at radius 1 is 0.667 bits per heavy atom. The zero-order valence-electron chi connectivity index (χ0n) is 13.1. The van der Waals surface area contributed by atoms with Gasteiger partial charge in [-0.3, -0.25) is 0 Å². The predicted octanol–water partition coefficient (Wildman–Crippen LogP) is 5.49. The average Bonchev–Trinajstić information content (AvgIpc) is 2.81. The maximum absolute atomic E-state index is 13.4. The molecule has 1 aromatic carbocycles. The Balaban J connectivity index is 2.23. The van der Waals surface area contributed by atoms with E-state index >= 15 is 0 Å². The van der Waals surface area contributed by atoms with Gasteiger partial charge in [0.2, 0.25) is 0 Å². The summed E-state index contributed by atoms with van der Waals surface area (Å²) in [5.41, 5.74) is 1.24. The lowest BCUT2D eigenvalue weighted by molar-refractivity contribution is -0.136. The van der Waals surface area contributed by atoms with Crippen LogP contribution in [0.4, 0.5) is 13.2 Å². The van der Waals surface area contributed by atoms with Crippen molar-refractivity contribution in [2.45, 2.75) is 6.18 Å². The summed E-state index contributed by atoms with van der Waals surface area (Å²) in [5.74, 6) is 1.15. The van der Waals surface area contributed by atoms with Gasteiger partial charge in [-0.25, -0.2) is 0 Å². The summed E-state index contributed by atoms with van der Waals surface area (Å²) in [7, 11) is 3.02. The fourth-order valence-electron chi connectivity index (χ4n) is 2.72. The van der Waals surface area contributed by atoms with Crippen molar-refractivity contribution in [3.05, 3.63) is 60.2 Å². The number of halogens is 3.